The van der Waals surface area contributed by atoms with E-state index in [4.69, 9.17) is 0 Å². The second-order valence-corrected chi connectivity index (χ2v) is 5.68. The molecule has 0 aliphatic heterocycles. The molecule has 2 aromatic carbocycles. The molecule has 0 atom stereocenters. The average Bonchev–Trinajstić information content (AvgIpc) is 2.62. The highest BCUT2D eigenvalue weighted by molar-refractivity contribution is 6.20. The van der Waals surface area contributed by atoms with Gasteiger partial charge in [0.05, 0.1) is 5.57 Å². The summed E-state index contributed by atoms with van der Waals surface area (Å²) in [7, 11) is 0. The fourth-order valence-electron chi connectivity index (χ4n) is 2.73. The molecular formula is C21H25NO2. The number of carboxylic acids is 1. The molecule has 0 heterocycles. The molecule has 24 heavy (non-hydrogen) atoms. The van der Waals surface area contributed by atoms with Crippen LogP contribution in [0.2, 0.25) is 0 Å². The number of hydrogen-bond donors (Lipinski definition) is 1. The summed E-state index contributed by atoms with van der Waals surface area (Å²) in [6, 6.07) is 15.7. The Balaban J connectivity index is 2.31. The highest BCUT2D eigenvalue weighted by atomic mass is 16.4. The summed E-state index contributed by atoms with van der Waals surface area (Å²) in [6.07, 6.45) is 2.68. The topological polar surface area (TPSA) is 40.5 Å². The van der Waals surface area contributed by atoms with Crippen molar-refractivity contribution in [2.45, 2.75) is 27.2 Å². The lowest BCUT2D eigenvalue weighted by atomic mass is 10.0. The van der Waals surface area contributed by atoms with Gasteiger partial charge in [0.1, 0.15) is 0 Å². The Morgan fingerprint density at radius 2 is 1.54 bits per heavy atom. The SMILES string of the molecule is CCc1ccc(/C(=C/c2ccc(N(CC)CC)cc2)C(=O)O)cc1. The van der Waals surface area contributed by atoms with E-state index >= 15 is 0 Å². The van der Waals surface area contributed by atoms with Crippen LogP contribution in [0.15, 0.2) is 48.5 Å². The van der Waals surface area contributed by atoms with Crippen LogP contribution in [-0.2, 0) is 11.2 Å². The number of anilines is 1. The summed E-state index contributed by atoms with van der Waals surface area (Å²) < 4.78 is 0. The van der Waals surface area contributed by atoms with Crippen molar-refractivity contribution in [1.29, 1.82) is 0 Å². The summed E-state index contributed by atoms with van der Waals surface area (Å²) in [6.45, 7) is 8.24. The molecule has 0 unspecified atom stereocenters. The molecule has 0 aliphatic carbocycles. The first kappa shape index (κ1) is 17.8. The summed E-state index contributed by atoms with van der Waals surface area (Å²) in [4.78, 5) is 13.9. The van der Waals surface area contributed by atoms with E-state index < -0.39 is 5.97 Å². The zero-order valence-corrected chi connectivity index (χ0v) is 14.6. The molecule has 0 spiro atoms. The van der Waals surface area contributed by atoms with Gasteiger partial charge in [-0.2, -0.15) is 0 Å². The number of rotatable bonds is 7. The number of carbonyl (C=O) groups is 1. The number of nitrogens with zero attached hydrogens (tertiary/aromatic N) is 1. The number of carboxylic acid groups (broad SMARTS) is 1. The number of aryl methyl sites for hydroxylation is 1. The lowest BCUT2D eigenvalue weighted by Crippen LogP contribution is -2.21. The minimum absolute atomic E-state index is 0.313. The van der Waals surface area contributed by atoms with Crippen LogP contribution in [0.4, 0.5) is 5.69 Å². The van der Waals surface area contributed by atoms with E-state index in [9.17, 15) is 9.90 Å². The van der Waals surface area contributed by atoms with Gasteiger partial charge in [0.25, 0.3) is 0 Å². The van der Waals surface area contributed by atoms with Crippen molar-refractivity contribution in [3.63, 3.8) is 0 Å². The Kier molecular flexibility index (Phi) is 6.19. The van der Waals surface area contributed by atoms with Gasteiger partial charge in [-0.05, 0) is 55.2 Å². The van der Waals surface area contributed by atoms with Crippen LogP contribution in [-0.4, -0.2) is 24.2 Å². The van der Waals surface area contributed by atoms with Gasteiger partial charge in [-0.25, -0.2) is 4.79 Å². The van der Waals surface area contributed by atoms with Crippen LogP contribution in [0.25, 0.3) is 11.6 Å². The predicted octanol–water partition coefficient (Wildman–Crippen LogP) is 4.72. The lowest BCUT2D eigenvalue weighted by Gasteiger charge is -2.20. The van der Waals surface area contributed by atoms with Gasteiger partial charge >= 0.3 is 5.97 Å². The van der Waals surface area contributed by atoms with Crippen molar-refractivity contribution in [3.8, 4) is 0 Å². The molecule has 2 rings (SSSR count). The molecule has 0 saturated heterocycles. The van der Waals surface area contributed by atoms with Crippen molar-refractivity contribution in [1.82, 2.24) is 0 Å². The van der Waals surface area contributed by atoms with Gasteiger partial charge in [-0.1, -0.05) is 43.3 Å². The zero-order valence-electron chi connectivity index (χ0n) is 14.6. The molecule has 3 heteroatoms. The second-order valence-electron chi connectivity index (χ2n) is 5.68. The van der Waals surface area contributed by atoms with Crippen LogP contribution in [0.3, 0.4) is 0 Å². The molecular weight excluding hydrogens is 298 g/mol. The van der Waals surface area contributed by atoms with Crippen LogP contribution in [0.1, 0.15) is 37.5 Å². The average molecular weight is 323 g/mol. The van der Waals surface area contributed by atoms with Crippen LogP contribution >= 0.6 is 0 Å². The first-order valence-corrected chi connectivity index (χ1v) is 8.48. The van der Waals surface area contributed by atoms with Gasteiger partial charge < -0.3 is 10.0 Å². The normalized spacial score (nSPS) is 11.4. The molecule has 0 aromatic heterocycles. The molecule has 0 saturated carbocycles. The van der Waals surface area contributed by atoms with Crippen molar-refractivity contribution in [2.24, 2.45) is 0 Å². The van der Waals surface area contributed by atoms with Gasteiger partial charge in [-0.15, -0.1) is 0 Å². The summed E-state index contributed by atoms with van der Waals surface area (Å²) in [5.74, 6) is -0.910. The van der Waals surface area contributed by atoms with Gasteiger partial charge in [-0.3, -0.25) is 0 Å². The Bertz CT molecular complexity index is 696. The molecule has 0 aliphatic rings. The largest absolute Gasteiger partial charge is 0.478 e. The van der Waals surface area contributed by atoms with E-state index in [-0.39, 0.29) is 0 Å². The fourth-order valence-corrected chi connectivity index (χ4v) is 2.73. The smallest absolute Gasteiger partial charge is 0.336 e. The highest BCUT2D eigenvalue weighted by Crippen LogP contribution is 2.22. The number of benzene rings is 2. The molecule has 126 valence electrons. The van der Waals surface area contributed by atoms with Gasteiger partial charge in [0.2, 0.25) is 0 Å². The number of hydrogen-bond acceptors (Lipinski definition) is 2. The standard InChI is InChI=1S/C21H25NO2/c1-4-16-7-11-18(12-8-16)20(21(23)24)15-17-9-13-19(14-10-17)22(5-2)6-3/h7-15H,4-6H2,1-3H3,(H,23,24)/b20-15-. The van der Waals surface area contributed by atoms with Crippen molar-refractivity contribution in [2.75, 3.05) is 18.0 Å². The third-order valence-corrected chi connectivity index (χ3v) is 4.24. The highest BCUT2D eigenvalue weighted by Gasteiger charge is 2.10. The van der Waals surface area contributed by atoms with Crippen molar-refractivity contribution in [3.05, 3.63) is 65.2 Å². The van der Waals surface area contributed by atoms with E-state index in [1.54, 1.807) is 6.08 Å². The molecule has 2 aromatic rings. The molecule has 3 nitrogen and oxygen atoms in total. The van der Waals surface area contributed by atoms with E-state index in [1.807, 2.05) is 48.5 Å². The Labute approximate surface area is 144 Å². The molecule has 1 N–H and O–H groups in total. The Morgan fingerprint density at radius 3 is 2.00 bits per heavy atom. The third kappa shape index (κ3) is 4.25. The van der Waals surface area contributed by atoms with Crippen LogP contribution < -0.4 is 4.90 Å². The summed E-state index contributed by atoms with van der Waals surface area (Å²) >= 11 is 0. The minimum Gasteiger partial charge on any atom is -0.478 e. The van der Waals surface area contributed by atoms with E-state index in [2.05, 4.69) is 25.7 Å². The monoisotopic (exact) mass is 323 g/mol. The first-order chi connectivity index (χ1) is 11.6. The van der Waals surface area contributed by atoms with Crippen molar-refractivity contribution >= 4 is 23.3 Å². The summed E-state index contributed by atoms with van der Waals surface area (Å²) in [5, 5.41) is 9.56. The predicted molar refractivity (Wildman–Crippen MR) is 101 cm³/mol. The Hall–Kier alpha value is -2.55. The summed E-state index contributed by atoms with van der Waals surface area (Å²) in [5.41, 5.74) is 4.29. The molecule has 0 amide bonds. The molecule has 0 fully saturated rings. The van der Waals surface area contributed by atoms with E-state index in [1.165, 1.54) is 5.56 Å². The Morgan fingerprint density at radius 1 is 0.958 bits per heavy atom. The van der Waals surface area contributed by atoms with Crippen LogP contribution in [0.5, 0.6) is 0 Å². The maximum Gasteiger partial charge on any atom is 0.336 e. The quantitative estimate of drug-likeness (QED) is 0.592. The lowest BCUT2D eigenvalue weighted by molar-refractivity contribution is -0.130. The maximum absolute atomic E-state index is 11.7. The first-order valence-electron chi connectivity index (χ1n) is 8.48. The number of aliphatic carboxylic acids is 1. The second kappa shape index (κ2) is 8.34. The van der Waals surface area contributed by atoms with E-state index in [0.29, 0.717) is 5.57 Å². The minimum atomic E-state index is -0.910. The van der Waals surface area contributed by atoms with Gasteiger partial charge in [0, 0.05) is 18.8 Å². The zero-order chi connectivity index (χ0) is 17.5. The maximum atomic E-state index is 11.7. The van der Waals surface area contributed by atoms with Crippen molar-refractivity contribution < 1.29 is 9.90 Å². The molecule has 0 bridgehead atoms. The molecule has 0 radical (unpaired) electrons. The fraction of sp³-hybridized carbons (Fsp3) is 0.286. The van der Waals surface area contributed by atoms with E-state index in [0.717, 1.165) is 36.3 Å². The van der Waals surface area contributed by atoms with Crippen LogP contribution in [0, 0.1) is 0 Å². The van der Waals surface area contributed by atoms with Gasteiger partial charge in [0.15, 0.2) is 0 Å². The third-order valence-electron chi connectivity index (χ3n) is 4.24.